The highest BCUT2D eigenvalue weighted by Crippen LogP contribution is 2.31. The van der Waals surface area contributed by atoms with Crippen LogP contribution >= 0.6 is 45.2 Å². The van der Waals surface area contributed by atoms with Crippen molar-refractivity contribution >= 4 is 45.2 Å². The van der Waals surface area contributed by atoms with Gasteiger partial charge in [-0.2, -0.15) is 36.5 Å². The monoisotopic (exact) mass is 582 g/mol. The highest BCUT2D eigenvalue weighted by atomic mass is 127. The summed E-state index contributed by atoms with van der Waals surface area (Å²) in [6.45, 7) is 1.55. The maximum absolute atomic E-state index is 12.3. The molecule has 0 aliphatic rings. The Kier molecular flexibility index (Phi) is 7.33. The van der Waals surface area contributed by atoms with Crippen LogP contribution < -0.4 is 0 Å². The van der Waals surface area contributed by atoms with Crippen molar-refractivity contribution in [3.63, 3.8) is 0 Å². The van der Waals surface area contributed by atoms with Crippen LogP contribution in [0.5, 0.6) is 0 Å². The molecule has 0 saturated carbocycles. The van der Waals surface area contributed by atoms with E-state index in [9.17, 15) is 26.3 Å². The Morgan fingerprint density at radius 3 is 2.04 bits per heavy atom. The van der Waals surface area contributed by atoms with E-state index in [2.05, 4.69) is 10.2 Å². The largest absolute Gasteiger partial charge is 0.436 e. The van der Waals surface area contributed by atoms with E-state index in [1.54, 1.807) is 45.2 Å². The molecule has 1 unspecified atom stereocenters. The molecular formula is C11H10F6I2N4O. The van der Waals surface area contributed by atoms with Crippen LogP contribution in [0.1, 0.15) is 18.3 Å². The summed E-state index contributed by atoms with van der Waals surface area (Å²) >= 11 is 3.14. The molecule has 24 heavy (non-hydrogen) atoms. The number of hydrogen-bond acceptors (Lipinski definition) is 3. The standard InChI is InChI=1S/C7H8F3IN2O.C4H2F3IN2/c1-4(14)2-13-3-5(11)6(12-13)7(8,9)10;5-4(6,7)3-2(8)1-9-10-3/h3-4,14H,2H2,1H3;1H,(H,9,10). The molecule has 0 saturated heterocycles. The van der Waals surface area contributed by atoms with Gasteiger partial charge in [-0.05, 0) is 52.1 Å². The summed E-state index contributed by atoms with van der Waals surface area (Å²) in [7, 11) is 0. The molecule has 0 spiro atoms. The molecule has 2 aromatic heterocycles. The second-order valence-corrected chi connectivity index (χ2v) is 6.81. The molecular weight excluding hydrogens is 572 g/mol. The lowest BCUT2D eigenvalue weighted by atomic mass is 10.4. The average Bonchev–Trinajstić information content (AvgIpc) is 2.94. The summed E-state index contributed by atoms with van der Waals surface area (Å²) in [6.07, 6.45) is -7.07. The van der Waals surface area contributed by atoms with Gasteiger partial charge >= 0.3 is 12.4 Å². The zero-order chi connectivity index (χ0) is 18.7. The minimum absolute atomic E-state index is 0.0377. The molecule has 1 atom stereocenters. The van der Waals surface area contributed by atoms with E-state index in [0.29, 0.717) is 0 Å². The highest BCUT2D eigenvalue weighted by molar-refractivity contribution is 14.1. The van der Waals surface area contributed by atoms with Gasteiger partial charge in [0.15, 0.2) is 11.4 Å². The Morgan fingerprint density at radius 2 is 1.75 bits per heavy atom. The van der Waals surface area contributed by atoms with Crippen molar-refractivity contribution in [1.82, 2.24) is 20.0 Å². The van der Waals surface area contributed by atoms with Gasteiger partial charge in [-0.1, -0.05) is 0 Å². The fourth-order valence-corrected chi connectivity index (χ4v) is 2.72. The number of aliphatic hydroxyl groups excluding tert-OH is 1. The summed E-state index contributed by atoms with van der Waals surface area (Å²) in [5.41, 5.74) is -1.69. The van der Waals surface area contributed by atoms with E-state index in [1.807, 2.05) is 5.10 Å². The summed E-state index contributed by atoms with van der Waals surface area (Å²) in [5.74, 6) is 0. The normalized spacial score (nSPS) is 13.4. The topological polar surface area (TPSA) is 66.7 Å². The molecule has 0 aromatic carbocycles. The Labute approximate surface area is 159 Å². The number of nitrogens with zero attached hydrogens (tertiary/aromatic N) is 3. The number of hydrogen-bond donors (Lipinski definition) is 2. The lowest BCUT2D eigenvalue weighted by Gasteiger charge is -2.04. The minimum atomic E-state index is -4.43. The molecule has 136 valence electrons. The zero-order valence-electron chi connectivity index (χ0n) is 11.8. The van der Waals surface area contributed by atoms with Gasteiger partial charge < -0.3 is 5.11 Å². The van der Waals surface area contributed by atoms with Crippen LogP contribution in [0.25, 0.3) is 0 Å². The third kappa shape index (κ3) is 6.38. The van der Waals surface area contributed by atoms with Crippen LogP contribution in [0, 0.1) is 7.14 Å². The van der Waals surface area contributed by atoms with Gasteiger partial charge in [-0.15, -0.1) is 0 Å². The SMILES string of the molecule is CC(O)Cn1cc(I)c(C(F)(F)F)n1.FC(F)(F)c1[nH]ncc1I. The number of alkyl halides is 6. The molecule has 0 aliphatic carbocycles. The first-order valence-corrected chi connectivity index (χ1v) is 8.22. The second-order valence-electron chi connectivity index (χ2n) is 4.49. The molecule has 2 aromatic rings. The van der Waals surface area contributed by atoms with Crippen molar-refractivity contribution in [1.29, 1.82) is 0 Å². The van der Waals surface area contributed by atoms with Crippen molar-refractivity contribution in [3.8, 4) is 0 Å². The third-order valence-electron chi connectivity index (χ3n) is 2.31. The fourth-order valence-electron chi connectivity index (χ4n) is 1.42. The van der Waals surface area contributed by atoms with Gasteiger partial charge in [0, 0.05) is 6.20 Å². The average molecular weight is 582 g/mol. The maximum Gasteiger partial charge on any atom is 0.436 e. The number of H-pyrrole nitrogens is 1. The molecule has 0 bridgehead atoms. The third-order valence-corrected chi connectivity index (χ3v) is 3.92. The van der Waals surface area contributed by atoms with Crippen LogP contribution in [0.15, 0.2) is 12.4 Å². The van der Waals surface area contributed by atoms with E-state index in [-0.39, 0.29) is 13.7 Å². The van der Waals surface area contributed by atoms with E-state index in [1.165, 1.54) is 13.1 Å². The quantitative estimate of drug-likeness (QED) is 0.417. The number of rotatable bonds is 2. The smallest absolute Gasteiger partial charge is 0.391 e. The first kappa shape index (κ1) is 21.5. The highest BCUT2D eigenvalue weighted by Gasteiger charge is 2.36. The molecule has 0 fully saturated rings. The number of aliphatic hydroxyl groups is 1. The molecule has 0 aliphatic heterocycles. The Balaban J connectivity index is 0.000000254. The lowest BCUT2D eigenvalue weighted by molar-refractivity contribution is -0.142. The van der Waals surface area contributed by atoms with Crippen LogP contribution in [0.2, 0.25) is 0 Å². The Hall–Kier alpha value is -0.580. The number of halogens is 8. The van der Waals surface area contributed by atoms with E-state index in [0.717, 1.165) is 10.9 Å². The molecule has 5 nitrogen and oxygen atoms in total. The van der Waals surface area contributed by atoms with Crippen molar-refractivity contribution < 1.29 is 31.4 Å². The molecule has 0 amide bonds. The van der Waals surface area contributed by atoms with Gasteiger partial charge in [0.25, 0.3) is 0 Å². The van der Waals surface area contributed by atoms with E-state index >= 15 is 0 Å². The van der Waals surface area contributed by atoms with E-state index < -0.39 is 29.8 Å². The van der Waals surface area contributed by atoms with Crippen LogP contribution in [0.3, 0.4) is 0 Å². The van der Waals surface area contributed by atoms with Crippen molar-refractivity contribution in [2.45, 2.75) is 31.9 Å². The summed E-state index contributed by atoms with van der Waals surface area (Å²) in [6, 6.07) is 0. The predicted octanol–water partition coefficient (Wildman–Crippen LogP) is 3.92. The van der Waals surface area contributed by atoms with Crippen LogP contribution in [-0.4, -0.2) is 31.2 Å². The van der Waals surface area contributed by atoms with Crippen molar-refractivity contribution in [2.24, 2.45) is 0 Å². The molecule has 2 rings (SSSR count). The summed E-state index contributed by atoms with van der Waals surface area (Å²) < 4.78 is 73.4. The van der Waals surface area contributed by atoms with Gasteiger partial charge in [0.05, 0.1) is 26.0 Å². The Morgan fingerprint density at radius 1 is 1.17 bits per heavy atom. The maximum atomic E-state index is 12.3. The predicted molar refractivity (Wildman–Crippen MR) is 87.9 cm³/mol. The summed E-state index contributed by atoms with van der Waals surface area (Å²) in [4.78, 5) is 0. The van der Waals surface area contributed by atoms with Gasteiger partial charge in [-0.25, -0.2) is 0 Å². The first-order valence-electron chi connectivity index (χ1n) is 6.06. The fraction of sp³-hybridized carbons (Fsp3) is 0.455. The Bertz CT molecular complexity index is 664. The number of aromatic amines is 1. The second kappa shape index (κ2) is 8.20. The summed E-state index contributed by atoms with van der Waals surface area (Å²) in [5, 5.41) is 17.4. The van der Waals surface area contributed by atoms with Gasteiger partial charge in [0.2, 0.25) is 0 Å². The van der Waals surface area contributed by atoms with Crippen molar-refractivity contribution in [2.75, 3.05) is 0 Å². The molecule has 2 heterocycles. The van der Waals surface area contributed by atoms with Crippen molar-refractivity contribution in [3.05, 3.63) is 30.9 Å². The molecule has 2 N–H and O–H groups in total. The van der Waals surface area contributed by atoms with Gasteiger partial charge in [0.1, 0.15) is 0 Å². The lowest BCUT2D eigenvalue weighted by Crippen LogP contribution is -2.14. The number of nitrogens with one attached hydrogen (secondary N) is 1. The minimum Gasteiger partial charge on any atom is -0.391 e. The number of aromatic nitrogens is 4. The van der Waals surface area contributed by atoms with E-state index in [4.69, 9.17) is 5.11 Å². The van der Waals surface area contributed by atoms with Crippen LogP contribution in [0.4, 0.5) is 26.3 Å². The van der Waals surface area contributed by atoms with Gasteiger partial charge in [-0.3, -0.25) is 9.78 Å². The van der Waals surface area contributed by atoms with Crippen LogP contribution in [-0.2, 0) is 18.9 Å². The zero-order valence-corrected chi connectivity index (χ0v) is 16.1. The molecule has 0 radical (unpaired) electrons. The first-order chi connectivity index (χ1) is 10.8. The molecule has 13 heteroatoms.